The minimum Gasteiger partial charge on any atom is -0.385 e. The Bertz CT molecular complexity index is 3410. The van der Waals surface area contributed by atoms with Crippen molar-refractivity contribution in [1.29, 1.82) is 0 Å². The molecule has 380 valence electrons. The van der Waals surface area contributed by atoms with Crippen molar-refractivity contribution in [2.24, 2.45) is 50.2 Å². The van der Waals surface area contributed by atoms with E-state index in [2.05, 4.69) is 52.5 Å². The summed E-state index contributed by atoms with van der Waals surface area (Å²) in [7, 11) is 6.22. The number of rotatable bonds is 5. The Morgan fingerprint density at radius 1 is 0.606 bits per heavy atom. The molecule has 3 aliphatic heterocycles. The van der Waals surface area contributed by atoms with Gasteiger partial charge in [0, 0.05) is 88.1 Å². The predicted molar refractivity (Wildman–Crippen MR) is 258 cm³/mol. The first-order valence-electron chi connectivity index (χ1n) is 21.2. The lowest BCUT2D eigenvalue weighted by Crippen LogP contribution is -2.49. The lowest BCUT2D eigenvalue weighted by Gasteiger charge is -2.38. The van der Waals surface area contributed by atoms with Crippen molar-refractivity contribution < 1.29 is 19.0 Å². The van der Waals surface area contributed by atoms with Crippen LogP contribution in [-0.4, -0.2) is 119 Å². The number of fused-ring (bicyclic) bond motifs is 3. The van der Waals surface area contributed by atoms with Gasteiger partial charge in [0.2, 0.25) is 6.41 Å². The molecule has 0 unspecified atom stereocenters. The van der Waals surface area contributed by atoms with E-state index in [-0.39, 0.29) is 45.6 Å². The Hall–Kier alpha value is -7.82. The van der Waals surface area contributed by atoms with Gasteiger partial charge >= 0.3 is 22.8 Å². The standard InChI is InChI=1S/2C12H14N4O3.C7H6N4O2.C5H9ClO.C5H7N3O2.CH3NO/c2*1-12(5-19-6-12)4-16-10(17)8-3-13-7-14-9(8)15(2)11(16)18;1-11-5-4(2-8-3-9-5)6(12)10-7(11)13;1-5(2-6)3-7-4-5;1-8-3(6)2-4(9)7-5(8)10;2-1-3/h2*3,7H,4-6H2,1-2H3;2-3H,1H3,(H,10,12,13);2-4H2,1H3;2H,6H2,1H3,(H,7,9,10);1H,(H2,2,3). The Morgan fingerprint density at radius 2 is 0.972 bits per heavy atom. The van der Waals surface area contributed by atoms with E-state index in [1.165, 1.54) is 74.5 Å². The zero-order valence-corrected chi connectivity index (χ0v) is 40.5. The fourth-order valence-electron chi connectivity index (χ4n) is 6.81. The molecule has 0 saturated carbocycles. The Balaban J connectivity index is 0.000000169. The maximum atomic E-state index is 12.3. The molecule has 10 rings (SSSR count). The van der Waals surface area contributed by atoms with Crippen molar-refractivity contribution in [3.05, 3.63) is 127 Å². The van der Waals surface area contributed by atoms with Crippen LogP contribution in [0.2, 0.25) is 0 Å². The number of amides is 1. The number of nitrogen functional groups attached to an aromatic ring is 1. The van der Waals surface area contributed by atoms with Crippen LogP contribution in [0.5, 0.6) is 0 Å². The zero-order chi connectivity index (χ0) is 52.4. The number of ether oxygens (including phenoxy) is 3. The number of hydrogen-bond acceptors (Lipinski definition) is 19. The van der Waals surface area contributed by atoms with Crippen LogP contribution >= 0.6 is 11.6 Å². The van der Waals surface area contributed by atoms with Gasteiger partial charge in [-0.15, -0.1) is 11.6 Å². The fourth-order valence-corrected chi connectivity index (χ4v) is 6.97. The van der Waals surface area contributed by atoms with Gasteiger partial charge in [0.05, 0.1) is 39.6 Å². The lowest BCUT2D eigenvalue weighted by atomic mass is 9.88. The number of anilines is 1. The van der Waals surface area contributed by atoms with Gasteiger partial charge in [-0.05, 0) is 0 Å². The monoisotopic (exact) mass is 1010 g/mol. The maximum Gasteiger partial charge on any atom is 0.332 e. The number of nitrogens with one attached hydrogen (secondary N) is 2. The summed E-state index contributed by atoms with van der Waals surface area (Å²) >= 11 is 5.56. The second-order valence-electron chi connectivity index (χ2n) is 17.7. The smallest absolute Gasteiger partial charge is 0.332 e. The highest BCUT2D eigenvalue weighted by Crippen LogP contribution is 2.29. The van der Waals surface area contributed by atoms with Crippen molar-refractivity contribution in [3.63, 3.8) is 0 Å². The first-order valence-corrected chi connectivity index (χ1v) is 21.7. The predicted octanol–water partition coefficient (Wildman–Crippen LogP) is -2.91. The number of hydrogen-bond donors (Lipinski definition) is 4. The number of carbonyl (C=O) groups is 1. The first-order chi connectivity index (χ1) is 33.5. The second kappa shape index (κ2) is 22.7. The van der Waals surface area contributed by atoms with Crippen LogP contribution in [0, 0.1) is 16.2 Å². The maximum absolute atomic E-state index is 12.3. The molecule has 3 fully saturated rings. The molecule has 6 N–H and O–H groups in total. The van der Waals surface area contributed by atoms with Crippen molar-refractivity contribution in [1.82, 2.24) is 67.3 Å². The number of halogens is 1. The second-order valence-corrected chi connectivity index (χ2v) is 17.9. The normalized spacial score (nSPS) is 15.4. The van der Waals surface area contributed by atoms with Gasteiger partial charge in [0.15, 0.2) is 16.9 Å². The third-order valence-corrected chi connectivity index (χ3v) is 11.7. The highest BCUT2D eigenvalue weighted by Gasteiger charge is 2.36. The van der Waals surface area contributed by atoms with Crippen LogP contribution in [-0.2, 0) is 60.3 Å². The number of aromatic amines is 2. The average molecular weight is 1010 g/mol. The molecule has 0 radical (unpaired) electrons. The third kappa shape index (κ3) is 12.5. The molecule has 10 heterocycles. The highest BCUT2D eigenvalue weighted by molar-refractivity contribution is 6.18. The number of nitrogens with two attached hydrogens (primary N) is 2. The van der Waals surface area contributed by atoms with Gasteiger partial charge in [-0.1, -0.05) is 20.8 Å². The minimum absolute atomic E-state index is 0.153. The van der Waals surface area contributed by atoms with E-state index in [0.29, 0.717) is 78.0 Å². The van der Waals surface area contributed by atoms with Crippen LogP contribution in [0.3, 0.4) is 0 Å². The number of H-pyrrole nitrogens is 2. The largest absolute Gasteiger partial charge is 0.385 e. The van der Waals surface area contributed by atoms with Crippen LogP contribution in [0.1, 0.15) is 20.8 Å². The van der Waals surface area contributed by atoms with Crippen molar-refractivity contribution in [2.45, 2.75) is 33.9 Å². The summed E-state index contributed by atoms with van der Waals surface area (Å²) in [6.45, 7) is 10.8. The van der Waals surface area contributed by atoms with Crippen LogP contribution < -0.4 is 56.5 Å². The van der Waals surface area contributed by atoms with E-state index in [9.17, 15) is 38.4 Å². The number of primary amides is 1. The van der Waals surface area contributed by atoms with Gasteiger partial charge in [0.25, 0.3) is 22.2 Å². The molecule has 0 atom stereocenters. The molecule has 28 nitrogen and oxygen atoms in total. The minimum atomic E-state index is -0.495. The molecule has 3 saturated heterocycles. The average Bonchev–Trinajstić information content (AvgIpc) is 3.33. The van der Waals surface area contributed by atoms with Crippen molar-refractivity contribution in [3.8, 4) is 0 Å². The summed E-state index contributed by atoms with van der Waals surface area (Å²) in [6, 6.07) is 1.15. The molecule has 0 spiro atoms. The Kier molecular flexibility index (Phi) is 17.3. The summed E-state index contributed by atoms with van der Waals surface area (Å²) in [4.78, 5) is 129. The molecule has 3 aliphatic rings. The number of alkyl halides is 1. The topological polar surface area (TPSA) is 372 Å². The first kappa shape index (κ1) is 54.1. The van der Waals surface area contributed by atoms with Gasteiger partial charge in [-0.2, -0.15) is 0 Å². The van der Waals surface area contributed by atoms with Crippen molar-refractivity contribution in [2.75, 3.05) is 51.3 Å². The van der Waals surface area contributed by atoms with E-state index in [1.807, 2.05) is 13.8 Å². The molecular weight excluding hydrogens is 956 g/mol. The number of aromatic nitrogens is 14. The molecule has 0 bridgehead atoms. The van der Waals surface area contributed by atoms with Gasteiger partial charge < -0.3 is 25.7 Å². The summed E-state index contributed by atoms with van der Waals surface area (Å²) in [5, 5.41) is 1.02. The van der Waals surface area contributed by atoms with Crippen LogP contribution in [0.4, 0.5) is 5.82 Å². The van der Waals surface area contributed by atoms with Gasteiger partial charge in [0.1, 0.15) is 41.0 Å². The molecule has 0 aromatic carbocycles. The lowest BCUT2D eigenvalue weighted by molar-refractivity contribution is -0.111. The zero-order valence-electron chi connectivity index (χ0n) is 39.8. The third-order valence-electron chi connectivity index (χ3n) is 11.1. The number of nitrogens with zero attached hydrogens (tertiary/aromatic N) is 12. The van der Waals surface area contributed by atoms with Gasteiger partial charge in [-0.25, -0.2) is 49.1 Å². The Morgan fingerprint density at radius 3 is 1.31 bits per heavy atom. The Labute approximate surface area is 404 Å². The molecular formula is C42H53ClN16O12. The SMILES string of the molecule is CC1(CCl)COC1.Cn1c(=O)[nH]c(=O)c2cncnc21.Cn1c(=O)n(CC2(C)COC2)c(=O)c2cncnc21.Cn1c(=O)n(CC2(C)COC2)c(=O)c2cncnc21.Cn1c(N)cc(=O)[nH]c1=O.NC=O. The number of carbonyl (C=O) groups excluding carboxylic acids is 1. The summed E-state index contributed by atoms with van der Waals surface area (Å²) in [5.41, 5.74) is 7.19. The molecule has 71 heavy (non-hydrogen) atoms. The summed E-state index contributed by atoms with van der Waals surface area (Å²) < 4.78 is 22.9. The van der Waals surface area contributed by atoms with E-state index < -0.39 is 22.5 Å². The summed E-state index contributed by atoms with van der Waals surface area (Å²) in [6.07, 6.45) is 8.46. The van der Waals surface area contributed by atoms with E-state index >= 15 is 0 Å². The number of aryl methyl sites for hydroxylation is 3. The summed E-state index contributed by atoms with van der Waals surface area (Å²) in [5.74, 6) is 0.890. The molecule has 7 aromatic heterocycles. The van der Waals surface area contributed by atoms with Crippen molar-refractivity contribution >= 4 is 56.9 Å². The molecule has 0 aliphatic carbocycles. The fraction of sp³-hybridized carbons (Fsp3) is 0.452. The van der Waals surface area contributed by atoms with Crippen LogP contribution in [0.25, 0.3) is 33.1 Å². The molecule has 7 aromatic rings. The quantitative estimate of drug-likeness (QED) is 0.0992. The van der Waals surface area contributed by atoms with E-state index in [0.717, 1.165) is 29.7 Å². The molecule has 1 amide bonds. The van der Waals surface area contributed by atoms with Gasteiger partial charge in [-0.3, -0.25) is 61.3 Å². The van der Waals surface area contributed by atoms with E-state index in [1.54, 1.807) is 14.1 Å². The van der Waals surface area contributed by atoms with Crippen LogP contribution in [0.15, 0.2) is 82.0 Å². The highest BCUT2D eigenvalue weighted by atomic mass is 35.5. The molecule has 29 heteroatoms. The van der Waals surface area contributed by atoms with E-state index in [4.69, 9.17) is 36.3 Å².